The van der Waals surface area contributed by atoms with E-state index < -0.39 is 16.0 Å². The van der Waals surface area contributed by atoms with Gasteiger partial charge in [0.1, 0.15) is 0 Å². The van der Waals surface area contributed by atoms with Crippen LogP contribution in [0.1, 0.15) is 39.2 Å². The zero-order valence-corrected chi connectivity index (χ0v) is 14.4. The van der Waals surface area contributed by atoms with Crippen LogP contribution in [-0.2, 0) is 26.0 Å². The number of nitrogens with one attached hydrogen (secondary N) is 1. The van der Waals surface area contributed by atoms with E-state index >= 15 is 0 Å². The van der Waals surface area contributed by atoms with Gasteiger partial charge >= 0.3 is 5.97 Å². The second-order valence-electron chi connectivity index (χ2n) is 6.86. The number of hydrogen-bond acceptors (Lipinski definition) is 4. The number of carboxylic acids is 1. The van der Waals surface area contributed by atoms with Crippen molar-refractivity contribution in [2.75, 3.05) is 0 Å². The van der Waals surface area contributed by atoms with E-state index in [9.17, 15) is 13.2 Å². The van der Waals surface area contributed by atoms with E-state index in [-0.39, 0.29) is 29.1 Å². The number of carbonyl (C=O) groups is 1. The molecule has 1 aliphatic carbocycles. The number of aliphatic carboxylic acids is 1. The lowest BCUT2D eigenvalue weighted by Crippen LogP contribution is -2.49. The lowest BCUT2D eigenvalue weighted by Gasteiger charge is -2.39. The average molecular weight is 341 g/mol. The Morgan fingerprint density at radius 1 is 1.26 bits per heavy atom. The normalized spacial score (nSPS) is 21.7. The van der Waals surface area contributed by atoms with Gasteiger partial charge in [-0.2, -0.15) is 0 Å². The van der Waals surface area contributed by atoms with Gasteiger partial charge in [0.25, 0.3) is 0 Å². The van der Waals surface area contributed by atoms with Crippen LogP contribution in [0.5, 0.6) is 0 Å². The van der Waals surface area contributed by atoms with Crippen molar-refractivity contribution in [2.45, 2.75) is 62.7 Å². The molecule has 0 amide bonds. The Kier molecular flexibility index (Phi) is 5.13. The summed E-state index contributed by atoms with van der Waals surface area (Å²) in [6.45, 7) is 5.93. The Morgan fingerprint density at radius 2 is 1.83 bits per heavy atom. The Balaban J connectivity index is 1.91. The van der Waals surface area contributed by atoms with Crippen molar-refractivity contribution >= 4 is 16.0 Å². The van der Waals surface area contributed by atoms with Crippen molar-refractivity contribution in [3.63, 3.8) is 0 Å². The molecule has 7 heteroatoms. The van der Waals surface area contributed by atoms with E-state index in [2.05, 4.69) is 4.72 Å². The van der Waals surface area contributed by atoms with Gasteiger partial charge in [0.15, 0.2) is 0 Å². The summed E-state index contributed by atoms with van der Waals surface area (Å²) < 4.78 is 33.0. The van der Waals surface area contributed by atoms with Gasteiger partial charge in [-0.15, -0.1) is 0 Å². The molecule has 6 nitrogen and oxygen atoms in total. The number of rotatable bonds is 6. The molecule has 23 heavy (non-hydrogen) atoms. The van der Waals surface area contributed by atoms with E-state index in [1.54, 1.807) is 0 Å². The van der Waals surface area contributed by atoms with E-state index in [0.29, 0.717) is 18.4 Å². The summed E-state index contributed by atoms with van der Waals surface area (Å²) in [5.41, 5.74) is 0.341. The molecule has 1 fully saturated rings. The molecule has 0 radical (unpaired) electrons. The topological polar surface area (TPSA) is 92.7 Å². The van der Waals surface area contributed by atoms with Crippen molar-refractivity contribution in [1.82, 2.24) is 4.72 Å². The van der Waals surface area contributed by atoms with Crippen molar-refractivity contribution in [1.29, 1.82) is 0 Å². The van der Waals surface area contributed by atoms with E-state index in [4.69, 9.17) is 9.84 Å². The smallest absolute Gasteiger partial charge is 0.307 e. The fourth-order valence-corrected chi connectivity index (χ4v) is 3.77. The lowest BCUT2D eigenvalue weighted by molar-refractivity contribution is -0.136. The third kappa shape index (κ3) is 5.30. The van der Waals surface area contributed by atoms with Gasteiger partial charge in [-0.05, 0) is 51.3 Å². The minimum Gasteiger partial charge on any atom is -0.481 e. The molecule has 0 bridgehead atoms. The van der Waals surface area contributed by atoms with Crippen LogP contribution >= 0.6 is 0 Å². The first-order valence-electron chi connectivity index (χ1n) is 7.56. The van der Waals surface area contributed by atoms with Crippen LogP contribution in [0.3, 0.4) is 0 Å². The van der Waals surface area contributed by atoms with E-state index in [0.717, 1.165) is 0 Å². The number of carboxylic acid groups (broad SMARTS) is 1. The van der Waals surface area contributed by atoms with E-state index in [1.165, 1.54) is 24.3 Å². The monoisotopic (exact) mass is 341 g/mol. The van der Waals surface area contributed by atoms with Crippen molar-refractivity contribution in [3.8, 4) is 0 Å². The molecule has 2 N–H and O–H groups in total. The summed E-state index contributed by atoms with van der Waals surface area (Å²) in [6.07, 6.45) is 1.28. The minimum atomic E-state index is -3.59. The second kappa shape index (κ2) is 6.59. The number of benzene rings is 1. The molecule has 0 heterocycles. The molecule has 1 saturated carbocycles. The summed E-state index contributed by atoms with van der Waals surface area (Å²) in [7, 11) is -3.59. The first-order valence-corrected chi connectivity index (χ1v) is 9.04. The summed E-state index contributed by atoms with van der Waals surface area (Å²) in [5.74, 6) is -0.946. The highest BCUT2D eigenvalue weighted by atomic mass is 32.2. The van der Waals surface area contributed by atoms with Gasteiger partial charge in [0, 0.05) is 6.04 Å². The van der Waals surface area contributed by atoms with Gasteiger partial charge in [-0.25, -0.2) is 13.1 Å². The van der Waals surface area contributed by atoms with Crippen LogP contribution in [0, 0.1) is 0 Å². The van der Waals surface area contributed by atoms with Gasteiger partial charge < -0.3 is 9.84 Å². The molecule has 1 aromatic rings. The highest BCUT2D eigenvalue weighted by Gasteiger charge is 2.35. The number of hydrogen-bond donors (Lipinski definition) is 2. The molecule has 0 unspecified atom stereocenters. The summed E-state index contributed by atoms with van der Waals surface area (Å²) in [6, 6.07) is 5.79. The third-order valence-electron chi connectivity index (χ3n) is 3.53. The maximum absolute atomic E-state index is 12.3. The Hall–Kier alpha value is -1.44. The van der Waals surface area contributed by atoms with Gasteiger partial charge in [0.05, 0.1) is 23.0 Å². The highest BCUT2D eigenvalue weighted by molar-refractivity contribution is 7.89. The Labute approximate surface area is 136 Å². The maximum atomic E-state index is 12.3. The molecule has 0 aromatic heterocycles. The maximum Gasteiger partial charge on any atom is 0.307 e. The van der Waals surface area contributed by atoms with Crippen LogP contribution < -0.4 is 4.72 Å². The summed E-state index contributed by atoms with van der Waals surface area (Å²) in [5, 5.41) is 8.72. The largest absolute Gasteiger partial charge is 0.481 e. The Bertz CT molecular complexity index is 655. The molecule has 1 aliphatic rings. The number of ether oxygens (including phenoxy) is 1. The van der Waals surface area contributed by atoms with Gasteiger partial charge in [-0.3, -0.25) is 4.79 Å². The zero-order chi connectivity index (χ0) is 17.3. The molecular weight excluding hydrogens is 318 g/mol. The minimum absolute atomic E-state index is 0.0839. The van der Waals surface area contributed by atoms with E-state index in [1.807, 2.05) is 20.8 Å². The molecule has 128 valence electrons. The summed E-state index contributed by atoms with van der Waals surface area (Å²) >= 11 is 0. The SMILES string of the molecule is CC(C)(C)OC1CC(NS(=O)(=O)c2ccc(CC(=O)O)cc2)C1. The molecule has 2 rings (SSSR count). The number of sulfonamides is 1. The predicted octanol–water partition coefficient (Wildman–Crippen LogP) is 1.94. The van der Waals surface area contributed by atoms with Crippen LogP contribution in [0.25, 0.3) is 0 Å². The van der Waals surface area contributed by atoms with Crippen molar-refractivity contribution in [2.24, 2.45) is 0 Å². The van der Waals surface area contributed by atoms with Gasteiger partial charge in [0.2, 0.25) is 10.0 Å². The third-order valence-corrected chi connectivity index (χ3v) is 5.06. The van der Waals surface area contributed by atoms with Gasteiger partial charge in [-0.1, -0.05) is 12.1 Å². The quantitative estimate of drug-likeness (QED) is 0.825. The highest BCUT2D eigenvalue weighted by Crippen LogP contribution is 2.28. The fraction of sp³-hybridized carbons (Fsp3) is 0.562. The lowest BCUT2D eigenvalue weighted by atomic mass is 9.89. The average Bonchev–Trinajstić information content (AvgIpc) is 2.34. The van der Waals surface area contributed by atoms with Crippen LogP contribution in [-0.4, -0.2) is 37.2 Å². The predicted molar refractivity (Wildman–Crippen MR) is 85.8 cm³/mol. The molecule has 0 saturated heterocycles. The van der Waals surface area contributed by atoms with Crippen LogP contribution in [0.4, 0.5) is 0 Å². The van der Waals surface area contributed by atoms with Crippen molar-refractivity contribution in [3.05, 3.63) is 29.8 Å². The Morgan fingerprint density at radius 3 is 2.30 bits per heavy atom. The first kappa shape index (κ1) is 17.9. The van der Waals surface area contributed by atoms with Crippen LogP contribution in [0.15, 0.2) is 29.2 Å². The zero-order valence-electron chi connectivity index (χ0n) is 13.6. The molecule has 1 aromatic carbocycles. The molecule has 0 atom stereocenters. The molecule has 0 spiro atoms. The molecule has 0 aliphatic heterocycles. The van der Waals surface area contributed by atoms with Crippen LogP contribution in [0.2, 0.25) is 0 Å². The first-order chi connectivity index (χ1) is 10.5. The fourth-order valence-electron chi connectivity index (χ4n) is 2.51. The van der Waals surface area contributed by atoms with Crippen molar-refractivity contribution < 1.29 is 23.1 Å². The molecular formula is C16H23NO5S. The second-order valence-corrected chi connectivity index (χ2v) is 8.57. The standard InChI is InChI=1S/C16H23NO5S/c1-16(2,3)22-13-9-12(10-13)17-23(20,21)14-6-4-11(5-7-14)8-15(18)19/h4-7,12-13,17H,8-10H2,1-3H3,(H,18,19). The summed E-state index contributed by atoms with van der Waals surface area (Å²) in [4.78, 5) is 10.8.